The molecule has 2 amide bonds. The number of carbonyl (C=O) groups excluding carboxylic acids is 2. The molecule has 24 heavy (non-hydrogen) atoms. The molecule has 0 bridgehead atoms. The molecule has 2 atom stereocenters. The first-order chi connectivity index (χ1) is 11.6. The highest BCUT2D eigenvalue weighted by molar-refractivity contribution is 5.95. The summed E-state index contributed by atoms with van der Waals surface area (Å²) in [6.07, 6.45) is 2.44. The van der Waals surface area contributed by atoms with E-state index in [0.717, 1.165) is 25.1 Å². The molecule has 2 aliphatic rings. The lowest BCUT2D eigenvalue weighted by Gasteiger charge is -2.22. The maximum atomic E-state index is 12.4. The number of rotatable bonds is 5. The van der Waals surface area contributed by atoms with Gasteiger partial charge < -0.3 is 20.3 Å². The maximum absolute atomic E-state index is 12.4. The van der Waals surface area contributed by atoms with E-state index in [4.69, 9.17) is 10.5 Å². The second-order valence-electron chi connectivity index (χ2n) is 6.67. The van der Waals surface area contributed by atoms with Crippen LogP contribution in [0.5, 0.6) is 5.75 Å². The van der Waals surface area contributed by atoms with Crippen LogP contribution in [-0.2, 0) is 9.59 Å². The second-order valence-corrected chi connectivity index (χ2v) is 6.67. The number of nitrogens with two attached hydrogens (primary N) is 1. The van der Waals surface area contributed by atoms with Crippen molar-refractivity contribution in [1.29, 1.82) is 0 Å². The Hall–Kier alpha value is -2.08. The lowest BCUT2D eigenvalue weighted by molar-refractivity contribution is -0.134. The fourth-order valence-electron chi connectivity index (χ4n) is 3.55. The first-order valence-corrected chi connectivity index (χ1v) is 8.61. The fraction of sp³-hybridized carbons (Fsp3) is 0.556. The molecule has 2 unspecified atom stereocenters. The summed E-state index contributed by atoms with van der Waals surface area (Å²) in [6.45, 7) is 4.13. The molecule has 0 aromatic heterocycles. The SMILES string of the molecule is CC1CC(CN)CN1C(=O)COc1cccc(N2CCCC2=O)c1. The van der Waals surface area contributed by atoms with Gasteiger partial charge in [0.05, 0.1) is 0 Å². The van der Waals surface area contributed by atoms with Gasteiger partial charge in [-0.15, -0.1) is 0 Å². The van der Waals surface area contributed by atoms with Gasteiger partial charge in [-0.3, -0.25) is 9.59 Å². The summed E-state index contributed by atoms with van der Waals surface area (Å²) in [7, 11) is 0. The van der Waals surface area contributed by atoms with E-state index >= 15 is 0 Å². The van der Waals surface area contributed by atoms with Crippen LogP contribution in [0, 0.1) is 5.92 Å². The molecule has 2 fully saturated rings. The zero-order valence-electron chi connectivity index (χ0n) is 14.1. The molecule has 6 heteroatoms. The van der Waals surface area contributed by atoms with Crippen molar-refractivity contribution in [1.82, 2.24) is 4.90 Å². The molecule has 1 aromatic rings. The number of benzene rings is 1. The van der Waals surface area contributed by atoms with Gasteiger partial charge >= 0.3 is 0 Å². The van der Waals surface area contributed by atoms with Crippen molar-refractivity contribution in [2.24, 2.45) is 11.7 Å². The van der Waals surface area contributed by atoms with Crippen LogP contribution in [0.15, 0.2) is 24.3 Å². The molecule has 6 nitrogen and oxygen atoms in total. The van der Waals surface area contributed by atoms with Crippen LogP contribution >= 0.6 is 0 Å². The van der Waals surface area contributed by atoms with E-state index < -0.39 is 0 Å². The molecule has 130 valence electrons. The van der Waals surface area contributed by atoms with Crippen molar-refractivity contribution < 1.29 is 14.3 Å². The minimum Gasteiger partial charge on any atom is -0.484 e. The zero-order chi connectivity index (χ0) is 17.1. The summed E-state index contributed by atoms with van der Waals surface area (Å²) in [4.78, 5) is 27.8. The van der Waals surface area contributed by atoms with Crippen molar-refractivity contribution >= 4 is 17.5 Å². The summed E-state index contributed by atoms with van der Waals surface area (Å²) in [5.41, 5.74) is 6.54. The Labute approximate surface area is 142 Å². The molecular formula is C18H25N3O3. The van der Waals surface area contributed by atoms with E-state index in [2.05, 4.69) is 0 Å². The van der Waals surface area contributed by atoms with Crippen molar-refractivity contribution in [3.05, 3.63) is 24.3 Å². The summed E-state index contributed by atoms with van der Waals surface area (Å²) in [6, 6.07) is 7.60. The van der Waals surface area contributed by atoms with Crippen LogP contribution in [0.4, 0.5) is 5.69 Å². The lowest BCUT2D eigenvalue weighted by Crippen LogP contribution is -2.37. The smallest absolute Gasteiger partial charge is 0.260 e. The maximum Gasteiger partial charge on any atom is 0.260 e. The van der Waals surface area contributed by atoms with E-state index in [1.807, 2.05) is 36.1 Å². The monoisotopic (exact) mass is 331 g/mol. The van der Waals surface area contributed by atoms with Crippen LogP contribution in [0.25, 0.3) is 0 Å². The normalized spacial score (nSPS) is 23.8. The van der Waals surface area contributed by atoms with Crippen molar-refractivity contribution in [2.75, 3.05) is 31.1 Å². The molecule has 2 N–H and O–H groups in total. The van der Waals surface area contributed by atoms with Gasteiger partial charge in [0.15, 0.2) is 6.61 Å². The Kier molecular flexibility index (Phi) is 5.04. The van der Waals surface area contributed by atoms with Gasteiger partial charge in [0.2, 0.25) is 5.91 Å². The minimum absolute atomic E-state index is 0.0129. The van der Waals surface area contributed by atoms with Gasteiger partial charge in [-0.1, -0.05) is 6.07 Å². The van der Waals surface area contributed by atoms with E-state index in [-0.39, 0.29) is 24.5 Å². The van der Waals surface area contributed by atoms with Gasteiger partial charge in [0.1, 0.15) is 5.75 Å². The van der Waals surface area contributed by atoms with E-state index in [0.29, 0.717) is 31.2 Å². The number of nitrogens with zero attached hydrogens (tertiary/aromatic N) is 2. The molecule has 0 saturated carbocycles. The van der Waals surface area contributed by atoms with E-state index in [1.165, 1.54) is 0 Å². The van der Waals surface area contributed by atoms with Crippen molar-refractivity contribution in [2.45, 2.75) is 32.2 Å². The number of hydrogen-bond acceptors (Lipinski definition) is 4. The zero-order valence-corrected chi connectivity index (χ0v) is 14.1. The van der Waals surface area contributed by atoms with Gasteiger partial charge in [0.25, 0.3) is 5.91 Å². The number of amides is 2. The van der Waals surface area contributed by atoms with E-state index in [1.54, 1.807) is 4.90 Å². The van der Waals surface area contributed by atoms with E-state index in [9.17, 15) is 9.59 Å². The minimum atomic E-state index is -0.0129. The van der Waals surface area contributed by atoms with Crippen LogP contribution < -0.4 is 15.4 Å². The standard InChI is InChI=1S/C18H25N3O3/c1-13-8-14(10-19)11-21(13)18(23)12-24-16-5-2-4-15(9-16)20-7-3-6-17(20)22/h2,4-5,9,13-14H,3,6-8,10-12,19H2,1H3. The summed E-state index contributed by atoms with van der Waals surface area (Å²) < 4.78 is 5.67. The highest BCUT2D eigenvalue weighted by Crippen LogP contribution is 2.26. The molecule has 0 aliphatic carbocycles. The molecule has 0 radical (unpaired) electrons. The molecule has 2 aliphatic heterocycles. The average Bonchev–Trinajstić information content (AvgIpc) is 3.18. The predicted molar refractivity (Wildman–Crippen MR) is 91.9 cm³/mol. The largest absolute Gasteiger partial charge is 0.484 e. The number of carbonyl (C=O) groups is 2. The number of ether oxygens (including phenoxy) is 1. The average molecular weight is 331 g/mol. The Balaban J connectivity index is 1.59. The van der Waals surface area contributed by atoms with Crippen LogP contribution in [0.1, 0.15) is 26.2 Å². The Bertz CT molecular complexity index is 619. The highest BCUT2D eigenvalue weighted by Gasteiger charge is 2.31. The van der Waals surface area contributed by atoms with Crippen molar-refractivity contribution in [3.8, 4) is 5.75 Å². The number of anilines is 1. The van der Waals surface area contributed by atoms with Gasteiger partial charge in [-0.2, -0.15) is 0 Å². The van der Waals surface area contributed by atoms with Crippen LogP contribution in [0.2, 0.25) is 0 Å². The third kappa shape index (κ3) is 3.53. The molecule has 2 heterocycles. The molecule has 3 rings (SSSR count). The molecule has 1 aromatic carbocycles. The van der Waals surface area contributed by atoms with Gasteiger partial charge in [-0.25, -0.2) is 0 Å². The summed E-state index contributed by atoms with van der Waals surface area (Å²) in [5.74, 6) is 1.12. The van der Waals surface area contributed by atoms with Crippen LogP contribution in [0.3, 0.4) is 0 Å². The first-order valence-electron chi connectivity index (χ1n) is 8.61. The third-order valence-electron chi connectivity index (χ3n) is 4.88. The Morgan fingerprint density at radius 1 is 1.42 bits per heavy atom. The molecule has 2 saturated heterocycles. The molecular weight excluding hydrogens is 306 g/mol. The quantitative estimate of drug-likeness (QED) is 0.884. The van der Waals surface area contributed by atoms with Gasteiger partial charge in [0, 0.05) is 37.3 Å². The predicted octanol–water partition coefficient (Wildman–Crippen LogP) is 1.39. The lowest BCUT2D eigenvalue weighted by atomic mass is 10.1. The topological polar surface area (TPSA) is 75.9 Å². The fourth-order valence-corrected chi connectivity index (χ4v) is 3.55. The third-order valence-corrected chi connectivity index (χ3v) is 4.88. The Morgan fingerprint density at radius 2 is 2.25 bits per heavy atom. The van der Waals surface area contributed by atoms with Crippen molar-refractivity contribution in [3.63, 3.8) is 0 Å². The van der Waals surface area contributed by atoms with Crippen LogP contribution in [-0.4, -0.2) is 49.0 Å². The Morgan fingerprint density at radius 3 is 2.92 bits per heavy atom. The summed E-state index contributed by atoms with van der Waals surface area (Å²) >= 11 is 0. The summed E-state index contributed by atoms with van der Waals surface area (Å²) in [5, 5.41) is 0. The first kappa shape index (κ1) is 16.8. The van der Waals surface area contributed by atoms with Gasteiger partial charge in [-0.05, 0) is 44.4 Å². The second kappa shape index (κ2) is 7.21. The highest BCUT2D eigenvalue weighted by atomic mass is 16.5. The number of hydrogen-bond donors (Lipinski definition) is 1. The number of likely N-dealkylation sites (tertiary alicyclic amines) is 1. The molecule has 0 spiro atoms.